The van der Waals surface area contributed by atoms with Gasteiger partial charge in [0.15, 0.2) is 5.82 Å². The third-order valence-electron chi connectivity index (χ3n) is 4.44. The molecule has 0 aliphatic carbocycles. The van der Waals surface area contributed by atoms with Crippen LogP contribution in [0.2, 0.25) is 0 Å². The monoisotopic (exact) mass is 358 g/mol. The van der Waals surface area contributed by atoms with Crippen molar-refractivity contribution in [2.45, 2.75) is 19.8 Å². The summed E-state index contributed by atoms with van der Waals surface area (Å²) >= 11 is 0. The summed E-state index contributed by atoms with van der Waals surface area (Å²) in [6.45, 7) is 4.31. The lowest BCUT2D eigenvalue weighted by molar-refractivity contribution is 0.628. The zero-order valence-electron chi connectivity index (χ0n) is 15.2. The minimum absolute atomic E-state index is 0.282. The third kappa shape index (κ3) is 3.49. The number of aromatic nitrogens is 2. The zero-order chi connectivity index (χ0) is 18.8. The smallest absolute Gasteiger partial charge is 0.187 e. The van der Waals surface area contributed by atoms with Gasteiger partial charge in [-0.25, -0.2) is 9.37 Å². The summed E-state index contributed by atoms with van der Waals surface area (Å²) in [5.41, 5.74) is 4.26. The molecular formula is C22H19FN4. The number of hydrogen-bond acceptors (Lipinski definition) is 3. The Bertz CT molecular complexity index is 1090. The van der Waals surface area contributed by atoms with Crippen LogP contribution >= 0.6 is 0 Å². The normalized spacial score (nSPS) is 11.7. The molecule has 0 aliphatic heterocycles. The maximum absolute atomic E-state index is 13.3. The lowest BCUT2D eigenvalue weighted by Gasteiger charge is -2.04. The lowest BCUT2D eigenvalue weighted by Crippen LogP contribution is -1.84. The van der Waals surface area contributed by atoms with Gasteiger partial charge in [0.2, 0.25) is 0 Å². The lowest BCUT2D eigenvalue weighted by atomic mass is 10.0. The number of imidazole rings is 1. The molecule has 4 rings (SSSR count). The maximum Gasteiger partial charge on any atom is 0.187 e. The van der Waals surface area contributed by atoms with Gasteiger partial charge in [-0.05, 0) is 60.0 Å². The molecule has 0 fully saturated rings. The van der Waals surface area contributed by atoms with Crippen LogP contribution in [0, 0.1) is 5.82 Å². The predicted molar refractivity (Wildman–Crippen MR) is 105 cm³/mol. The van der Waals surface area contributed by atoms with E-state index in [1.54, 1.807) is 12.1 Å². The number of rotatable bonds is 4. The van der Waals surface area contributed by atoms with Gasteiger partial charge in [0.1, 0.15) is 17.2 Å². The van der Waals surface area contributed by atoms with Gasteiger partial charge >= 0.3 is 0 Å². The van der Waals surface area contributed by atoms with E-state index >= 15 is 0 Å². The van der Waals surface area contributed by atoms with E-state index in [0.717, 1.165) is 16.9 Å². The van der Waals surface area contributed by atoms with Gasteiger partial charge in [-0.1, -0.05) is 32.0 Å². The first-order valence-corrected chi connectivity index (χ1v) is 8.86. The Hall–Kier alpha value is -3.34. The van der Waals surface area contributed by atoms with E-state index in [0.29, 0.717) is 17.4 Å². The largest absolute Gasteiger partial charge is 0.283 e. The third-order valence-corrected chi connectivity index (χ3v) is 4.44. The Morgan fingerprint density at radius 2 is 1.63 bits per heavy atom. The van der Waals surface area contributed by atoms with Crippen molar-refractivity contribution in [3.63, 3.8) is 0 Å². The van der Waals surface area contributed by atoms with Crippen LogP contribution in [0.1, 0.15) is 25.3 Å². The van der Waals surface area contributed by atoms with Crippen LogP contribution in [0.25, 0.3) is 16.9 Å². The van der Waals surface area contributed by atoms with Gasteiger partial charge in [0, 0.05) is 11.8 Å². The van der Waals surface area contributed by atoms with E-state index in [-0.39, 0.29) is 5.82 Å². The zero-order valence-corrected chi connectivity index (χ0v) is 15.2. The first-order valence-electron chi connectivity index (χ1n) is 8.86. The quantitative estimate of drug-likeness (QED) is 0.375. The van der Waals surface area contributed by atoms with Crippen LogP contribution in [0.4, 0.5) is 15.9 Å². The molecule has 0 atom stereocenters. The molecule has 0 amide bonds. The molecule has 0 bridgehead atoms. The highest BCUT2D eigenvalue weighted by Crippen LogP contribution is 2.32. The molecule has 0 aliphatic rings. The van der Waals surface area contributed by atoms with Crippen molar-refractivity contribution in [1.82, 2.24) is 9.38 Å². The highest BCUT2D eigenvalue weighted by atomic mass is 19.1. The minimum Gasteiger partial charge on any atom is -0.283 e. The Labute approximate surface area is 157 Å². The topological polar surface area (TPSA) is 42.0 Å². The van der Waals surface area contributed by atoms with Crippen molar-refractivity contribution in [2.24, 2.45) is 10.2 Å². The van der Waals surface area contributed by atoms with E-state index in [1.165, 1.54) is 17.7 Å². The first kappa shape index (κ1) is 17.1. The highest BCUT2D eigenvalue weighted by molar-refractivity contribution is 5.74. The van der Waals surface area contributed by atoms with Gasteiger partial charge in [-0.2, -0.15) is 0 Å². The van der Waals surface area contributed by atoms with Crippen molar-refractivity contribution >= 4 is 17.2 Å². The molecule has 2 heterocycles. The fourth-order valence-corrected chi connectivity index (χ4v) is 2.91. The Balaban J connectivity index is 1.77. The summed E-state index contributed by atoms with van der Waals surface area (Å²) in [5, 5.41) is 8.86. The number of azo groups is 1. The molecule has 0 saturated heterocycles. The standard InChI is InChI=1S/C22H19FN4/c1-15(2)16-8-12-19(13-9-16)25-26-22-21(17-6-10-18(23)11-7-17)24-20-5-3-4-14-27(20)22/h3-15H,1-2H3. The number of pyridine rings is 1. The van der Waals surface area contributed by atoms with Gasteiger partial charge in [-0.15, -0.1) is 10.2 Å². The van der Waals surface area contributed by atoms with E-state index < -0.39 is 0 Å². The fraction of sp³-hybridized carbons (Fsp3) is 0.136. The second kappa shape index (κ2) is 7.11. The second-order valence-electron chi connectivity index (χ2n) is 6.67. The molecule has 2 aromatic carbocycles. The van der Waals surface area contributed by atoms with E-state index in [1.807, 2.05) is 40.9 Å². The number of nitrogens with zero attached hydrogens (tertiary/aromatic N) is 4. The minimum atomic E-state index is -0.282. The molecule has 0 radical (unpaired) electrons. The summed E-state index contributed by atoms with van der Waals surface area (Å²) in [6, 6.07) is 20.0. The summed E-state index contributed by atoms with van der Waals surface area (Å²) in [7, 11) is 0. The van der Waals surface area contributed by atoms with Gasteiger partial charge in [0.05, 0.1) is 5.69 Å². The van der Waals surface area contributed by atoms with Crippen molar-refractivity contribution in [2.75, 3.05) is 0 Å². The van der Waals surface area contributed by atoms with Crippen molar-refractivity contribution in [3.8, 4) is 11.3 Å². The summed E-state index contributed by atoms with van der Waals surface area (Å²) < 4.78 is 15.2. The number of fused-ring (bicyclic) bond motifs is 1. The molecule has 0 spiro atoms. The molecule has 0 N–H and O–H groups in total. The average molecular weight is 358 g/mol. The van der Waals surface area contributed by atoms with Crippen LogP contribution in [-0.4, -0.2) is 9.38 Å². The molecule has 4 aromatic rings. The van der Waals surface area contributed by atoms with E-state index in [4.69, 9.17) is 0 Å². The molecular weight excluding hydrogens is 339 g/mol. The molecule has 0 unspecified atom stereocenters. The molecule has 5 heteroatoms. The van der Waals surface area contributed by atoms with Gasteiger partial charge < -0.3 is 0 Å². The van der Waals surface area contributed by atoms with Crippen molar-refractivity contribution in [3.05, 3.63) is 84.3 Å². The summed E-state index contributed by atoms with van der Waals surface area (Å²) in [4.78, 5) is 4.65. The SMILES string of the molecule is CC(C)c1ccc(N=Nc2c(-c3ccc(F)cc3)nc3ccccn23)cc1. The maximum atomic E-state index is 13.3. The number of hydrogen-bond donors (Lipinski definition) is 0. The van der Waals surface area contributed by atoms with Crippen LogP contribution < -0.4 is 0 Å². The van der Waals surface area contributed by atoms with Crippen molar-refractivity contribution < 1.29 is 4.39 Å². The summed E-state index contributed by atoms with van der Waals surface area (Å²) in [5.74, 6) is 0.806. The van der Waals surface area contributed by atoms with E-state index in [2.05, 4.69) is 41.2 Å². The highest BCUT2D eigenvalue weighted by Gasteiger charge is 2.13. The number of benzene rings is 2. The first-order chi connectivity index (χ1) is 13.1. The molecule has 27 heavy (non-hydrogen) atoms. The van der Waals surface area contributed by atoms with Crippen LogP contribution in [0.15, 0.2) is 83.2 Å². The number of halogens is 1. The van der Waals surface area contributed by atoms with Crippen LogP contribution in [0.3, 0.4) is 0 Å². The van der Waals surface area contributed by atoms with Crippen molar-refractivity contribution in [1.29, 1.82) is 0 Å². The van der Waals surface area contributed by atoms with Crippen LogP contribution in [0.5, 0.6) is 0 Å². The molecule has 2 aromatic heterocycles. The van der Waals surface area contributed by atoms with E-state index in [9.17, 15) is 4.39 Å². The van der Waals surface area contributed by atoms with Crippen LogP contribution in [-0.2, 0) is 0 Å². The second-order valence-corrected chi connectivity index (χ2v) is 6.67. The molecule has 134 valence electrons. The Morgan fingerprint density at radius 3 is 2.33 bits per heavy atom. The average Bonchev–Trinajstić information content (AvgIpc) is 3.06. The van der Waals surface area contributed by atoms with Gasteiger partial charge in [-0.3, -0.25) is 4.40 Å². The Morgan fingerprint density at radius 1 is 0.889 bits per heavy atom. The molecule has 4 nitrogen and oxygen atoms in total. The Kier molecular flexibility index (Phi) is 4.50. The fourth-order valence-electron chi connectivity index (χ4n) is 2.91. The van der Waals surface area contributed by atoms with Gasteiger partial charge in [0.25, 0.3) is 0 Å². The predicted octanol–water partition coefficient (Wildman–Crippen LogP) is 6.68. The molecule has 0 saturated carbocycles. The summed E-state index contributed by atoms with van der Waals surface area (Å²) in [6.07, 6.45) is 1.89.